The molecule has 0 spiro atoms. The van der Waals surface area contributed by atoms with Crippen LogP contribution in [0.2, 0.25) is 0 Å². The Balaban J connectivity index is 2.46. The fraction of sp³-hybridized carbons (Fsp3) is 0.778. The molecule has 72 valence electrons. The van der Waals surface area contributed by atoms with Crippen molar-refractivity contribution in [1.29, 1.82) is 5.26 Å². The highest BCUT2D eigenvalue weighted by Gasteiger charge is 2.29. The van der Waals surface area contributed by atoms with Crippen LogP contribution in [-0.4, -0.2) is 30.0 Å². The minimum atomic E-state index is 0.524. The molecule has 0 radical (unpaired) electrons. The van der Waals surface area contributed by atoms with Crippen molar-refractivity contribution in [3.63, 3.8) is 0 Å². The molecule has 0 aromatic heterocycles. The highest BCUT2D eigenvalue weighted by atomic mass is 15.3. The van der Waals surface area contributed by atoms with Gasteiger partial charge in [0, 0.05) is 19.1 Å². The number of guanidine groups is 1. The molecule has 0 aliphatic heterocycles. The topological polar surface area (TPSA) is 65.4 Å². The normalized spacial score (nSPS) is 16.8. The van der Waals surface area contributed by atoms with Gasteiger partial charge < -0.3 is 10.6 Å². The summed E-state index contributed by atoms with van der Waals surface area (Å²) in [5.74, 6) is 0.597. The fourth-order valence-corrected chi connectivity index (χ4v) is 1.29. The van der Waals surface area contributed by atoms with Crippen LogP contribution in [0.4, 0.5) is 0 Å². The smallest absolute Gasteiger partial charge is 0.191 e. The minimum Gasteiger partial charge on any atom is -0.370 e. The SMILES string of the molecule is CCN=C(N)N(CCC#N)C1CC1. The van der Waals surface area contributed by atoms with Crippen molar-refractivity contribution in [3.05, 3.63) is 0 Å². The van der Waals surface area contributed by atoms with Crippen molar-refractivity contribution in [2.75, 3.05) is 13.1 Å². The Hall–Kier alpha value is -1.24. The van der Waals surface area contributed by atoms with E-state index in [4.69, 9.17) is 11.0 Å². The number of rotatable bonds is 4. The van der Waals surface area contributed by atoms with Gasteiger partial charge in [0.1, 0.15) is 0 Å². The second-order valence-electron chi connectivity index (χ2n) is 3.17. The quantitative estimate of drug-likeness (QED) is 0.511. The van der Waals surface area contributed by atoms with Gasteiger partial charge in [-0.05, 0) is 19.8 Å². The predicted octanol–water partition coefficient (Wildman–Crippen LogP) is 0.699. The number of aliphatic imine (C=N–C) groups is 1. The number of nitrogens with two attached hydrogens (primary N) is 1. The molecule has 4 nitrogen and oxygen atoms in total. The van der Waals surface area contributed by atoms with Crippen LogP contribution in [0.3, 0.4) is 0 Å². The van der Waals surface area contributed by atoms with Gasteiger partial charge in [0.2, 0.25) is 0 Å². The first-order chi connectivity index (χ1) is 6.29. The molecule has 0 aromatic carbocycles. The molecule has 1 aliphatic carbocycles. The molecule has 1 aliphatic rings. The molecule has 1 fully saturated rings. The van der Waals surface area contributed by atoms with Crippen LogP contribution in [0.25, 0.3) is 0 Å². The summed E-state index contributed by atoms with van der Waals surface area (Å²) in [4.78, 5) is 6.20. The lowest BCUT2D eigenvalue weighted by molar-refractivity contribution is 0.412. The van der Waals surface area contributed by atoms with Crippen LogP contribution < -0.4 is 5.73 Å². The third-order valence-electron chi connectivity index (χ3n) is 2.07. The van der Waals surface area contributed by atoms with E-state index in [1.807, 2.05) is 11.8 Å². The summed E-state index contributed by atoms with van der Waals surface area (Å²) in [5.41, 5.74) is 5.78. The van der Waals surface area contributed by atoms with Crippen molar-refractivity contribution in [3.8, 4) is 6.07 Å². The van der Waals surface area contributed by atoms with Gasteiger partial charge in [-0.1, -0.05) is 0 Å². The first-order valence-corrected chi connectivity index (χ1v) is 4.73. The van der Waals surface area contributed by atoms with E-state index in [0.717, 1.165) is 6.54 Å². The van der Waals surface area contributed by atoms with E-state index >= 15 is 0 Å². The van der Waals surface area contributed by atoms with Gasteiger partial charge in [0.15, 0.2) is 5.96 Å². The van der Waals surface area contributed by atoms with Gasteiger partial charge in [-0.25, -0.2) is 0 Å². The summed E-state index contributed by atoms with van der Waals surface area (Å²) >= 11 is 0. The zero-order chi connectivity index (χ0) is 9.68. The monoisotopic (exact) mass is 180 g/mol. The van der Waals surface area contributed by atoms with Gasteiger partial charge in [-0.2, -0.15) is 5.26 Å². The Morgan fingerprint density at radius 2 is 2.38 bits per heavy atom. The van der Waals surface area contributed by atoms with E-state index in [1.54, 1.807) is 0 Å². The number of nitrogens with zero attached hydrogens (tertiary/aromatic N) is 3. The van der Waals surface area contributed by atoms with E-state index in [0.29, 0.717) is 25.0 Å². The van der Waals surface area contributed by atoms with Crippen molar-refractivity contribution in [2.45, 2.75) is 32.2 Å². The molecule has 4 heteroatoms. The number of hydrogen-bond donors (Lipinski definition) is 1. The summed E-state index contributed by atoms with van der Waals surface area (Å²) in [6.07, 6.45) is 2.90. The average Bonchev–Trinajstić information content (AvgIpc) is 2.89. The lowest BCUT2D eigenvalue weighted by atomic mass is 10.4. The number of hydrogen-bond acceptors (Lipinski definition) is 2. The summed E-state index contributed by atoms with van der Waals surface area (Å²) in [7, 11) is 0. The Kier molecular flexibility index (Phi) is 3.56. The minimum absolute atomic E-state index is 0.524. The molecule has 0 aromatic rings. The van der Waals surface area contributed by atoms with Gasteiger partial charge in [0.25, 0.3) is 0 Å². The maximum Gasteiger partial charge on any atom is 0.191 e. The van der Waals surface area contributed by atoms with E-state index in [2.05, 4.69) is 11.1 Å². The molecule has 0 unspecified atom stereocenters. The second-order valence-corrected chi connectivity index (χ2v) is 3.17. The van der Waals surface area contributed by atoms with Gasteiger partial charge in [0.05, 0.1) is 12.5 Å². The summed E-state index contributed by atoms with van der Waals surface area (Å²) < 4.78 is 0. The van der Waals surface area contributed by atoms with E-state index in [9.17, 15) is 0 Å². The largest absolute Gasteiger partial charge is 0.370 e. The first kappa shape index (κ1) is 9.85. The Labute approximate surface area is 79.0 Å². The Morgan fingerprint density at radius 1 is 1.69 bits per heavy atom. The van der Waals surface area contributed by atoms with Crippen molar-refractivity contribution in [2.24, 2.45) is 10.7 Å². The van der Waals surface area contributed by atoms with Gasteiger partial charge in [-0.3, -0.25) is 4.99 Å². The molecule has 1 saturated carbocycles. The Bertz CT molecular complexity index is 224. The molecular weight excluding hydrogens is 164 g/mol. The number of nitriles is 1. The molecule has 2 N–H and O–H groups in total. The molecule has 0 heterocycles. The fourth-order valence-electron chi connectivity index (χ4n) is 1.29. The zero-order valence-electron chi connectivity index (χ0n) is 8.03. The van der Waals surface area contributed by atoms with Crippen molar-refractivity contribution >= 4 is 5.96 Å². The molecule has 0 saturated heterocycles. The molecule has 1 rings (SSSR count). The Morgan fingerprint density at radius 3 is 2.85 bits per heavy atom. The van der Waals surface area contributed by atoms with Crippen LogP contribution in [0.1, 0.15) is 26.2 Å². The third-order valence-corrected chi connectivity index (χ3v) is 2.07. The zero-order valence-corrected chi connectivity index (χ0v) is 8.03. The van der Waals surface area contributed by atoms with Crippen LogP contribution in [0, 0.1) is 11.3 Å². The first-order valence-electron chi connectivity index (χ1n) is 4.73. The van der Waals surface area contributed by atoms with Crippen LogP contribution in [-0.2, 0) is 0 Å². The molecule has 13 heavy (non-hydrogen) atoms. The maximum absolute atomic E-state index is 8.47. The molecule has 0 atom stereocenters. The van der Waals surface area contributed by atoms with Crippen molar-refractivity contribution in [1.82, 2.24) is 4.90 Å². The average molecular weight is 180 g/mol. The highest BCUT2D eigenvalue weighted by Crippen LogP contribution is 2.26. The molecular formula is C9H16N4. The standard InChI is InChI=1S/C9H16N4/c1-2-12-9(11)13(7-3-6-10)8-4-5-8/h8H,2-5,7H2,1H3,(H2,11,12). The summed E-state index contributed by atoms with van der Waals surface area (Å²) in [6.45, 7) is 3.39. The van der Waals surface area contributed by atoms with Crippen LogP contribution >= 0.6 is 0 Å². The van der Waals surface area contributed by atoms with E-state index in [-0.39, 0.29) is 0 Å². The molecule has 0 bridgehead atoms. The van der Waals surface area contributed by atoms with Crippen molar-refractivity contribution < 1.29 is 0 Å². The van der Waals surface area contributed by atoms with Crippen LogP contribution in [0.5, 0.6) is 0 Å². The second kappa shape index (κ2) is 4.70. The predicted molar refractivity (Wildman–Crippen MR) is 52.1 cm³/mol. The summed E-state index contributed by atoms with van der Waals surface area (Å²) in [6, 6.07) is 2.67. The lowest BCUT2D eigenvalue weighted by Crippen LogP contribution is -2.39. The van der Waals surface area contributed by atoms with Gasteiger partial charge in [-0.15, -0.1) is 0 Å². The summed E-state index contributed by atoms with van der Waals surface area (Å²) in [5, 5.41) is 8.47. The maximum atomic E-state index is 8.47. The van der Waals surface area contributed by atoms with E-state index in [1.165, 1.54) is 12.8 Å². The third kappa shape index (κ3) is 2.94. The molecule has 0 amide bonds. The van der Waals surface area contributed by atoms with Gasteiger partial charge >= 0.3 is 0 Å². The highest BCUT2D eigenvalue weighted by molar-refractivity contribution is 5.78. The van der Waals surface area contributed by atoms with Crippen LogP contribution in [0.15, 0.2) is 4.99 Å². The van der Waals surface area contributed by atoms with E-state index < -0.39 is 0 Å². The lowest BCUT2D eigenvalue weighted by Gasteiger charge is -2.21.